The quantitative estimate of drug-likeness (QED) is 0.566. The summed E-state index contributed by atoms with van der Waals surface area (Å²) in [6.45, 7) is -0.0269. The third kappa shape index (κ3) is 5.92. The lowest BCUT2D eigenvalue weighted by molar-refractivity contribution is -0.140. The lowest BCUT2D eigenvalue weighted by Gasteiger charge is -2.31. The second-order valence-corrected chi connectivity index (χ2v) is 7.61. The van der Waals surface area contributed by atoms with E-state index in [4.69, 9.17) is 11.6 Å². The molecule has 0 saturated carbocycles. The molecule has 3 aromatic rings. The first-order chi connectivity index (χ1) is 15.0. The summed E-state index contributed by atoms with van der Waals surface area (Å²) in [5.41, 5.74) is 1.90. The predicted octanol–water partition coefficient (Wildman–Crippen LogP) is 4.41. The predicted molar refractivity (Wildman–Crippen MR) is 120 cm³/mol. The van der Waals surface area contributed by atoms with E-state index in [1.165, 1.54) is 18.0 Å². The first-order valence-electron chi connectivity index (χ1n) is 10.0. The highest BCUT2D eigenvalue weighted by molar-refractivity contribution is 6.31. The van der Waals surface area contributed by atoms with Crippen LogP contribution in [0.15, 0.2) is 78.9 Å². The zero-order valence-electron chi connectivity index (χ0n) is 17.2. The largest absolute Gasteiger partial charge is 0.357 e. The van der Waals surface area contributed by atoms with Gasteiger partial charge in [0.2, 0.25) is 11.8 Å². The van der Waals surface area contributed by atoms with E-state index in [0.29, 0.717) is 22.6 Å². The minimum absolute atomic E-state index is 0.0103. The maximum atomic E-state index is 14.4. The monoisotopic (exact) mass is 438 g/mol. The number of benzene rings is 3. The van der Waals surface area contributed by atoms with Crippen LogP contribution in [0, 0.1) is 5.82 Å². The fraction of sp³-hybridized carbons (Fsp3) is 0.200. The molecule has 0 aliphatic carbocycles. The van der Waals surface area contributed by atoms with E-state index in [1.807, 2.05) is 30.3 Å². The van der Waals surface area contributed by atoms with E-state index < -0.39 is 11.9 Å². The molecule has 0 spiro atoms. The van der Waals surface area contributed by atoms with Gasteiger partial charge in [-0.3, -0.25) is 9.59 Å². The molecule has 0 aromatic heterocycles. The van der Waals surface area contributed by atoms with Crippen LogP contribution in [-0.4, -0.2) is 29.8 Å². The highest BCUT2D eigenvalue weighted by Crippen LogP contribution is 2.20. The molecule has 1 atom stereocenters. The first kappa shape index (κ1) is 22.5. The van der Waals surface area contributed by atoms with Gasteiger partial charge in [-0.25, -0.2) is 4.39 Å². The number of amides is 2. The van der Waals surface area contributed by atoms with Crippen LogP contribution in [0.1, 0.15) is 16.7 Å². The van der Waals surface area contributed by atoms with Crippen LogP contribution in [-0.2, 0) is 29.0 Å². The van der Waals surface area contributed by atoms with Gasteiger partial charge >= 0.3 is 0 Å². The topological polar surface area (TPSA) is 49.4 Å². The van der Waals surface area contributed by atoms with Crippen LogP contribution in [0.3, 0.4) is 0 Å². The van der Waals surface area contributed by atoms with Gasteiger partial charge in [-0.15, -0.1) is 0 Å². The summed E-state index contributed by atoms with van der Waals surface area (Å²) in [6, 6.07) is 22.0. The van der Waals surface area contributed by atoms with E-state index in [1.54, 1.807) is 42.5 Å². The van der Waals surface area contributed by atoms with Crippen LogP contribution in [0.2, 0.25) is 5.02 Å². The van der Waals surface area contributed by atoms with Crippen LogP contribution >= 0.6 is 11.6 Å². The second-order valence-electron chi connectivity index (χ2n) is 7.20. The van der Waals surface area contributed by atoms with E-state index >= 15 is 0 Å². The summed E-state index contributed by atoms with van der Waals surface area (Å²) in [5, 5.41) is 3.12. The van der Waals surface area contributed by atoms with Crippen LogP contribution in [0.4, 0.5) is 4.39 Å². The standard InChI is InChI=1S/C25H24ClFN2O2/c1-28-25(31)23(15-18-9-3-2-4-10-18)29(17-20-12-6-8-14-22(20)27)24(30)16-19-11-5-7-13-21(19)26/h2-14,23H,15-17H2,1H3,(H,28,31). The maximum Gasteiger partial charge on any atom is 0.242 e. The number of hydrogen-bond acceptors (Lipinski definition) is 2. The molecule has 3 rings (SSSR count). The molecule has 160 valence electrons. The molecule has 0 aliphatic rings. The molecule has 0 fully saturated rings. The van der Waals surface area contributed by atoms with Crippen molar-refractivity contribution in [1.82, 2.24) is 10.2 Å². The molecular weight excluding hydrogens is 415 g/mol. The molecule has 3 aromatic carbocycles. The smallest absolute Gasteiger partial charge is 0.242 e. The van der Waals surface area contributed by atoms with Gasteiger partial charge < -0.3 is 10.2 Å². The number of likely N-dealkylation sites (N-methyl/N-ethyl adjacent to an activating group) is 1. The number of nitrogens with zero attached hydrogens (tertiary/aromatic N) is 1. The lowest BCUT2D eigenvalue weighted by atomic mass is 10.0. The zero-order valence-corrected chi connectivity index (χ0v) is 18.0. The Kier molecular flexibility index (Phi) is 7.79. The Morgan fingerprint density at radius 1 is 0.935 bits per heavy atom. The van der Waals surface area contributed by atoms with E-state index in [2.05, 4.69) is 5.32 Å². The average Bonchev–Trinajstić information content (AvgIpc) is 2.79. The number of nitrogens with one attached hydrogen (secondary N) is 1. The summed E-state index contributed by atoms with van der Waals surface area (Å²) in [7, 11) is 1.53. The Balaban J connectivity index is 1.97. The minimum Gasteiger partial charge on any atom is -0.357 e. The van der Waals surface area contributed by atoms with Crippen LogP contribution in [0.25, 0.3) is 0 Å². The molecule has 0 bridgehead atoms. The number of carbonyl (C=O) groups is 2. The average molecular weight is 439 g/mol. The Labute approximate surface area is 186 Å². The van der Waals surface area contributed by atoms with Gasteiger partial charge in [0.15, 0.2) is 0 Å². The Bertz CT molecular complexity index is 1040. The van der Waals surface area contributed by atoms with Crippen molar-refractivity contribution < 1.29 is 14.0 Å². The van der Waals surface area contributed by atoms with Crippen molar-refractivity contribution in [1.29, 1.82) is 0 Å². The molecule has 4 nitrogen and oxygen atoms in total. The molecule has 0 heterocycles. The summed E-state index contributed by atoms with van der Waals surface area (Å²) in [4.78, 5) is 27.7. The van der Waals surface area contributed by atoms with Crippen molar-refractivity contribution >= 4 is 23.4 Å². The van der Waals surface area contributed by atoms with E-state index in [0.717, 1.165) is 5.56 Å². The third-order valence-electron chi connectivity index (χ3n) is 5.12. The molecule has 2 amide bonds. The van der Waals surface area contributed by atoms with Crippen molar-refractivity contribution in [2.24, 2.45) is 0 Å². The lowest BCUT2D eigenvalue weighted by Crippen LogP contribution is -2.50. The van der Waals surface area contributed by atoms with Crippen molar-refractivity contribution in [3.8, 4) is 0 Å². The third-order valence-corrected chi connectivity index (χ3v) is 5.48. The van der Waals surface area contributed by atoms with Gasteiger partial charge in [-0.1, -0.05) is 78.3 Å². The van der Waals surface area contributed by atoms with Crippen LogP contribution in [0.5, 0.6) is 0 Å². The Morgan fingerprint density at radius 2 is 1.55 bits per heavy atom. The summed E-state index contributed by atoms with van der Waals surface area (Å²) in [5.74, 6) is -1.04. The number of hydrogen-bond donors (Lipinski definition) is 1. The van der Waals surface area contributed by atoms with Crippen molar-refractivity contribution in [3.05, 3.63) is 106 Å². The van der Waals surface area contributed by atoms with Gasteiger partial charge in [0.25, 0.3) is 0 Å². The van der Waals surface area contributed by atoms with Crippen molar-refractivity contribution in [2.45, 2.75) is 25.4 Å². The Morgan fingerprint density at radius 3 is 2.19 bits per heavy atom. The second kappa shape index (κ2) is 10.7. The normalized spacial score (nSPS) is 11.6. The molecule has 1 N–H and O–H groups in total. The van der Waals surface area contributed by atoms with Crippen LogP contribution < -0.4 is 5.32 Å². The molecule has 6 heteroatoms. The van der Waals surface area contributed by atoms with Gasteiger partial charge in [0.05, 0.1) is 6.42 Å². The first-order valence-corrected chi connectivity index (χ1v) is 10.4. The number of carbonyl (C=O) groups excluding carboxylic acids is 2. The minimum atomic E-state index is -0.804. The number of halogens is 2. The van der Waals surface area contributed by atoms with Crippen molar-refractivity contribution in [3.63, 3.8) is 0 Å². The molecule has 0 radical (unpaired) electrons. The summed E-state index contributed by atoms with van der Waals surface area (Å²) >= 11 is 6.25. The molecule has 0 aliphatic heterocycles. The molecule has 1 unspecified atom stereocenters. The summed E-state index contributed by atoms with van der Waals surface area (Å²) < 4.78 is 14.4. The highest BCUT2D eigenvalue weighted by Gasteiger charge is 2.30. The zero-order chi connectivity index (χ0) is 22.2. The van der Waals surface area contributed by atoms with Gasteiger partial charge in [-0.2, -0.15) is 0 Å². The van der Waals surface area contributed by atoms with Crippen molar-refractivity contribution in [2.75, 3.05) is 7.05 Å². The molecular formula is C25H24ClFN2O2. The molecule has 31 heavy (non-hydrogen) atoms. The fourth-order valence-corrected chi connectivity index (χ4v) is 3.64. The fourth-order valence-electron chi connectivity index (χ4n) is 3.44. The molecule has 0 saturated heterocycles. The van der Waals surface area contributed by atoms with Gasteiger partial charge in [-0.05, 0) is 23.3 Å². The SMILES string of the molecule is CNC(=O)C(Cc1ccccc1)N(Cc1ccccc1F)C(=O)Cc1ccccc1Cl. The highest BCUT2D eigenvalue weighted by atomic mass is 35.5. The maximum absolute atomic E-state index is 14.4. The van der Waals surface area contributed by atoms with Gasteiger partial charge in [0, 0.05) is 30.6 Å². The Hall–Kier alpha value is -3.18. The summed E-state index contributed by atoms with van der Waals surface area (Å²) in [6.07, 6.45) is 0.319. The number of rotatable bonds is 8. The van der Waals surface area contributed by atoms with E-state index in [-0.39, 0.29) is 24.8 Å². The van der Waals surface area contributed by atoms with Gasteiger partial charge in [0.1, 0.15) is 11.9 Å². The van der Waals surface area contributed by atoms with E-state index in [9.17, 15) is 14.0 Å².